The van der Waals surface area contributed by atoms with Crippen LogP contribution in [-0.2, 0) is 0 Å². The molecule has 0 unspecified atom stereocenters. The van der Waals surface area contributed by atoms with Crippen LogP contribution in [0.5, 0.6) is 0 Å². The summed E-state index contributed by atoms with van der Waals surface area (Å²) in [6.45, 7) is 0. The van der Waals surface area contributed by atoms with Crippen LogP contribution in [0.4, 0.5) is 17.6 Å². The Bertz CT molecular complexity index is 895. The third kappa shape index (κ3) is 3.09. The molecule has 2 aliphatic rings. The highest BCUT2D eigenvalue weighted by Gasteiger charge is 2.25. The lowest BCUT2D eigenvalue weighted by atomic mass is 9.95. The molecule has 0 bridgehead atoms. The fraction of sp³-hybridized carbons (Fsp3) is 0.474. The van der Waals surface area contributed by atoms with Crippen molar-refractivity contribution in [3.05, 3.63) is 30.7 Å². The number of pyridine rings is 1. The van der Waals surface area contributed by atoms with Crippen LogP contribution in [0.1, 0.15) is 51.0 Å². The van der Waals surface area contributed by atoms with Crippen LogP contribution in [-0.4, -0.2) is 30.5 Å². The predicted molar refractivity (Wildman–Crippen MR) is 102 cm³/mol. The predicted octanol–water partition coefficient (Wildman–Crippen LogP) is 4.04. The van der Waals surface area contributed by atoms with E-state index in [2.05, 4.69) is 30.2 Å². The molecule has 3 aromatic rings. The zero-order chi connectivity index (χ0) is 17.3. The van der Waals surface area contributed by atoms with Gasteiger partial charge in [0.1, 0.15) is 5.82 Å². The molecule has 5 rings (SSSR count). The highest BCUT2D eigenvalue weighted by atomic mass is 15.2. The van der Waals surface area contributed by atoms with Crippen molar-refractivity contribution in [2.45, 2.75) is 57.0 Å². The monoisotopic (exact) mass is 349 g/mol. The van der Waals surface area contributed by atoms with Crippen LogP contribution in [0, 0.1) is 0 Å². The van der Waals surface area contributed by atoms with Crippen molar-refractivity contribution in [1.29, 1.82) is 0 Å². The third-order valence-electron chi connectivity index (χ3n) is 5.21. The van der Waals surface area contributed by atoms with Gasteiger partial charge in [0.25, 0.3) is 0 Å². The average molecular weight is 349 g/mol. The number of anilines is 3. The van der Waals surface area contributed by atoms with E-state index in [4.69, 9.17) is 4.98 Å². The summed E-state index contributed by atoms with van der Waals surface area (Å²) in [5.74, 6) is 2.13. The van der Waals surface area contributed by atoms with Crippen LogP contribution in [0.3, 0.4) is 0 Å². The van der Waals surface area contributed by atoms with Gasteiger partial charge in [0, 0.05) is 18.3 Å². The molecule has 2 saturated carbocycles. The summed E-state index contributed by atoms with van der Waals surface area (Å²) in [4.78, 5) is 18.5. The minimum atomic E-state index is 0.486. The van der Waals surface area contributed by atoms with E-state index in [-0.39, 0.29) is 0 Å². The molecule has 7 nitrogen and oxygen atoms in total. The van der Waals surface area contributed by atoms with E-state index in [0.717, 1.165) is 22.8 Å². The van der Waals surface area contributed by atoms with Crippen LogP contribution in [0.2, 0.25) is 0 Å². The van der Waals surface area contributed by atoms with Gasteiger partial charge in [0.15, 0.2) is 17.0 Å². The zero-order valence-electron chi connectivity index (χ0n) is 14.7. The summed E-state index contributed by atoms with van der Waals surface area (Å²) in [6, 6.07) is 6.76. The maximum Gasteiger partial charge on any atom is 0.232 e. The van der Waals surface area contributed by atoms with Crippen molar-refractivity contribution in [1.82, 2.24) is 24.5 Å². The Hall–Kier alpha value is -2.70. The second-order valence-corrected chi connectivity index (χ2v) is 7.27. The van der Waals surface area contributed by atoms with Gasteiger partial charge in [-0.2, -0.15) is 9.97 Å². The standard InChI is InChI=1S/C19H23N7/c1-2-6-14(7-3-1)26-12-21-16-17(22-13-9-10-13)24-19(25-18(16)26)23-15-8-4-5-11-20-15/h4-5,8,11-14H,1-3,6-7,9-10H2,(H2,20,22,23,24,25). The third-order valence-corrected chi connectivity index (χ3v) is 5.21. The molecule has 0 aromatic carbocycles. The number of nitrogens with one attached hydrogen (secondary N) is 2. The Morgan fingerprint density at radius 2 is 1.85 bits per heavy atom. The van der Waals surface area contributed by atoms with Crippen LogP contribution in [0.25, 0.3) is 11.2 Å². The van der Waals surface area contributed by atoms with Crippen molar-refractivity contribution < 1.29 is 0 Å². The first-order valence-electron chi connectivity index (χ1n) is 9.56. The van der Waals surface area contributed by atoms with Gasteiger partial charge in [0.05, 0.1) is 6.33 Å². The molecule has 0 aliphatic heterocycles. The Balaban J connectivity index is 1.55. The molecule has 3 aromatic heterocycles. The molecule has 134 valence electrons. The minimum Gasteiger partial charge on any atom is -0.365 e. The van der Waals surface area contributed by atoms with Crippen molar-refractivity contribution >= 4 is 28.7 Å². The number of rotatable bonds is 5. The van der Waals surface area contributed by atoms with E-state index in [1.807, 2.05) is 24.5 Å². The van der Waals surface area contributed by atoms with Gasteiger partial charge in [-0.1, -0.05) is 25.3 Å². The van der Waals surface area contributed by atoms with E-state index in [1.165, 1.54) is 44.9 Å². The topological polar surface area (TPSA) is 80.5 Å². The van der Waals surface area contributed by atoms with E-state index in [0.29, 0.717) is 18.0 Å². The largest absolute Gasteiger partial charge is 0.365 e. The highest BCUT2D eigenvalue weighted by Crippen LogP contribution is 2.33. The van der Waals surface area contributed by atoms with Crippen molar-refractivity contribution in [3.8, 4) is 0 Å². The van der Waals surface area contributed by atoms with Gasteiger partial charge >= 0.3 is 0 Å². The molecule has 3 heterocycles. The molecule has 0 radical (unpaired) electrons. The second kappa shape index (κ2) is 6.55. The van der Waals surface area contributed by atoms with E-state index >= 15 is 0 Å². The number of hydrogen-bond acceptors (Lipinski definition) is 6. The summed E-state index contributed by atoms with van der Waals surface area (Å²) in [6.07, 6.45) is 12.4. The van der Waals surface area contributed by atoms with Crippen molar-refractivity contribution in [3.63, 3.8) is 0 Å². The lowest BCUT2D eigenvalue weighted by Gasteiger charge is -2.23. The summed E-state index contributed by atoms with van der Waals surface area (Å²) in [7, 11) is 0. The molecule has 0 atom stereocenters. The molecule has 26 heavy (non-hydrogen) atoms. The SMILES string of the molecule is c1ccc(Nc2nc(NC3CC3)c3ncn(C4CCCCC4)c3n2)nc1. The molecule has 2 aliphatic carbocycles. The van der Waals surface area contributed by atoms with Crippen LogP contribution in [0.15, 0.2) is 30.7 Å². The number of fused-ring (bicyclic) bond motifs is 1. The lowest BCUT2D eigenvalue weighted by Crippen LogP contribution is -2.13. The zero-order valence-corrected chi connectivity index (χ0v) is 14.7. The number of imidazole rings is 1. The fourth-order valence-corrected chi connectivity index (χ4v) is 3.67. The lowest BCUT2D eigenvalue weighted by molar-refractivity contribution is 0.358. The molecule has 0 saturated heterocycles. The smallest absolute Gasteiger partial charge is 0.232 e. The van der Waals surface area contributed by atoms with E-state index < -0.39 is 0 Å². The van der Waals surface area contributed by atoms with Gasteiger partial charge in [-0.3, -0.25) is 0 Å². The average Bonchev–Trinajstić information content (AvgIpc) is 3.39. The number of hydrogen-bond donors (Lipinski definition) is 2. The fourth-order valence-electron chi connectivity index (χ4n) is 3.67. The summed E-state index contributed by atoms with van der Waals surface area (Å²) in [5, 5.41) is 6.75. The maximum absolute atomic E-state index is 4.79. The van der Waals surface area contributed by atoms with Crippen molar-refractivity contribution in [2.24, 2.45) is 0 Å². The van der Waals surface area contributed by atoms with E-state index in [9.17, 15) is 0 Å². The molecular weight excluding hydrogens is 326 g/mol. The Morgan fingerprint density at radius 3 is 2.62 bits per heavy atom. The van der Waals surface area contributed by atoms with Gasteiger partial charge in [0.2, 0.25) is 5.95 Å². The summed E-state index contributed by atoms with van der Waals surface area (Å²) >= 11 is 0. The molecule has 2 N–H and O–H groups in total. The van der Waals surface area contributed by atoms with Gasteiger partial charge in [-0.15, -0.1) is 0 Å². The maximum atomic E-state index is 4.79. The first-order chi connectivity index (χ1) is 12.9. The summed E-state index contributed by atoms with van der Waals surface area (Å²) < 4.78 is 2.25. The normalized spacial score (nSPS) is 18.2. The number of nitrogens with zero attached hydrogens (tertiary/aromatic N) is 5. The first-order valence-corrected chi connectivity index (χ1v) is 9.56. The van der Waals surface area contributed by atoms with Crippen LogP contribution < -0.4 is 10.6 Å². The Kier molecular flexibility index (Phi) is 3.92. The van der Waals surface area contributed by atoms with E-state index in [1.54, 1.807) is 6.20 Å². The Labute approximate surface area is 152 Å². The molecule has 0 amide bonds. The Morgan fingerprint density at radius 1 is 0.962 bits per heavy atom. The van der Waals surface area contributed by atoms with Gasteiger partial charge in [-0.05, 0) is 37.8 Å². The minimum absolute atomic E-state index is 0.486. The quantitative estimate of drug-likeness (QED) is 0.723. The molecular formula is C19H23N7. The van der Waals surface area contributed by atoms with Gasteiger partial charge in [-0.25, -0.2) is 9.97 Å². The summed E-state index contributed by atoms with van der Waals surface area (Å²) in [5.41, 5.74) is 1.78. The highest BCUT2D eigenvalue weighted by molar-refractivity contribution is 5.85. The van der Waals surface area contributed by atoms with Crippen molar-refractivity contribution in [2.75, 3.05) is 10.6 Å². The first kappa shape index (κ1) is 15.5. The molecule has 0 spiro atoms. The van der Waals surface area contributed by atoms with Crippen LogP contribution >= 0.6 is 0 Å². The number of aromatic nitrogens is 5. The van der Waals surface area contributed by atoms with Gasteiger partial charge < -0.3 is 15.2 Å². The molecule has 7 heteroatoms. The second-order valence-electron chi connectivity index (χ2n) is 7.27. The molecule has 2 fully saturated rings.